The minimum atomic E-state index is 0.00542. The van der Waals surface area contributed by atoms with Crippen molar-refractivity contribution in [2.24, 2.45) is 7.05 Å². The molecule has 0 radical (unpaired) electrons. The summed E-state index contributed by atoms with van der Waals surface area (Å²) in [6.07, 6.45) is 0. The summed E-state index contributed by atoms with van der Waals surface area (Å²) in [5.74, 6) is 0.751. The Bertz CT molecular complexity index is 545. The van der Waals surface area contributed by atoms with Crippen molar-refractivity contribution in [1.29, 1.82) is 0 Å². The molecule has 2 rings (SSSR count). The minimum absolute atomic E-state index is 0.00542. The first-order valence-electron chi connectivity index (χ1n) is 4.83. The number of fused-ring (bicyclic) bond motifs is 1. The van der Waals surface area contributed by atoms with Gasteiger partial charge in [0.2, 0.25) is 0 Å². The van der Waals surface area contributed by atoms with Crippen LogP contribution in [0.2, 0.25) is 0 Å². The highest BCUT2D eigenvalue weighted by molar-refractivity contribution is 5.77. The zero-order valence-corrected chi connectivity index (χ0v) is 8.82. The Morgan fingerprint density at radius 2 is 2.13 bits per heavy atom. The molecule has 0 unspecified atom stereocenters. The number of para-hydroxylation sites is 1. The van der Waals surface area contributed by atoms with Crippen molar-refractivity contribution in [3.63, 3.8) is 0 Å². The molecule has 4 nitrogen and oxygen atoms in total. The average Bonchev–Trinajstić information content (AvgIpc) is 2.26. The van der Waals surface area contributed by atoms with Gasteiger partial charge in [-0.1, -0.05) is 12.1 Å². The number of hydrogen-bond acceptors (Lipinski definition) is 3. The van der Waals surface area contributed by atoms with Gasteiger partial charge in [-0.05, 0) is 19.2 Å². The molecule has 15 heavy (non-hydrogen) atoms. The van der Waals surface area contributed by atoms with Gasteiger partial charge in [0, 0.05) is 7.05 Å². The summed E-state index contributed by atoms with van der Waals surface area (Å²) in [4.78, 5) is 16.3. The number of nitrogens with zero attached hydrogens (tertiary/aromatic N) is 2. The molecule has 1 heterocycles. The van der Waals surface area contributed by atoms with Crippen LogP contribution in [-0.2, 0) is 13.6 Å². The molecule has 0 saturated heterocycles. The second-order valence-corrected chi connectivity index (χ2v) is 3.44. The van der Waals surface area contributed by atoms with E-state index < -0.39 is 0 Å². The predicted molar refractivity (Wildman–Crippen MR) is 59.7 cm³/mol. The monoisotopic (exact) mass is 203 g/mol. The van der Waals surface area contributed by atoms with Crippen LogP contribution in [0.4, 0.5) is 0 Å². The van der Waals surface area contributed by atoms with E-state index >= 15 is 0 Å². The molecular weight excluding hydrogens is 190 g/mol. The fraction of sp³-hybridized carbons (Fsp3) is 0.273. The summed E-state index contributed by atoms with van der Waals surface area (Å²) in [7, 11) is 3.58. The molecule has 0 spiro atoms. The van der Waals surface area contributed by atoms with Crippen LogP contribution >= 0.6 is 0 Å². The Morgan fingerprint density at radius 1 is 1.40 bits per heavy atom. The number of aromatic nitrogens is 2. The fourth-order valence-electron chi connectivity index (χ4n) is 1.58. The zero-order chi connectivity index (χ0) is 10.8. The second kappa shape index (κ2) is 3.82. The highest BCUT2D eigenvalue weighted by Gasteiger charge is 2.05. The van der Waals surface area contributed by atoms with Crippen LogP contribution in [0.15, 0.2) is 29.1 Å². The van der Waals surface area contributed by atoms with Crippen molar-refractivity contribution in [2.75, 3.05) is 7.05 Å². The molecule has 78 valence electrons. The lowest BCUT2D eigenvalue weighted by atomic mass is 10.2. The molecule has 1 N–H and O–H groups in total. The fourth-order valence-corrected chi connectivity index (χ4v) is 1.58. The molecule has 1 aromatic carbocycles. The average molecular weight is 203 g/mol. The van der Waals surface area contributed by atoms with Crippen molar-refractivity contribution in [3.05, 3.63) is 40.4 Å². The molecule has 0 fully saturated rings. The highest BCUT2D eigenvalue weighted by atomic mass is 16.1. The lowest BCUT2D eigenvalue weighted by Gasteiger charge is -2.07. The van der Waals surface area contributed by atoms with Gasteiger partial charge < -0.3 is 5.32 Å². The highest BCUT2D eigenvalue weighted by Crippen LogP contribution is 2.06. The van der Waals surface area contributed by atoms with Crippen LogP contribution in [0.25, 0.3) is 10.9 Å². The van der Waals surface area contributed by atoms with Gasteiger partial charge in [-0.15, -0.1) is 0 Å². The summed E-state index contributed by atoms with van der Waals surface area (Å²) in [6.45, 7) is 0.594. The maximum Gasteiger partial charge on any atom is 0.261 e. The van der Waals surface area contributed by atoms with Gasteiger partial charge in [0.15, 0.2) is 0 Å². The van der Waals surface area contributed by atoms with E-state index in [0.717, 1.165) is 11.3 Å². The summed E-state index contributed by atoms with van der Waals surface area (Å²) < 4.78 is 1.58. The van der Waals surface area contributed by atoms with E-state index in [1.54, 1.807) is 17.7 Å². The molecule has 0 bridgehead atoms. The summed E-state index contributed by atoms with van der Waals surface area (Å²) >= 11 is 0. The van der Waals surface area contributed by atoms with Crippen molar-refractivity contribution >= 4 is 10.9 Å². The maximum atomic E-state index is 11.9. The number of hydrogen-bond donors (Lipinski definition) is 1. The van der Waals surface area contributed by atoms with Gasteiger partial charge in [-0.25, -0.2) is 4.98 Å². The van der Waals surface area contributed by atoms with E-state index in [4.69, 9.17) is 0 Å². The van der Waals surface area contributed by atoms with E-state index in [2.05, 4.69) is 10.3 Å². The van der Waals surface area contributed by atoms with Crippen molar-refractivity contribution in [3.8, 4) is 0 Å². The van der Waals surface area contributed by atoms with Crippen LogP contribution in [0, 0.1) is 0 Å². The third kappa shape index (κ3) is 1.64. The van der Waals surface area contributed by atoms with Gasteiger partial charge in [0.1, 0.15) is 5.82 Å². The second-order valence-electron chi connectivity index (χ2n) is 3.44. The Hall–Kier alpha value is -1.68. The standard InChI is InChI=1S/C11H13N3O/c1-12-7-10-13-9-6-4-3-5-8(9)11(15)14(10)2/h3-6,12H,7H2,1-2H3. The van der Waals surface area contributed by atoms with Gasteiger partial charge in [0.05, 0.1) is 17.4 Å². The number of rotatable bonds is 2. The van der Waals surface area contributed by atoms with E-state index in [1.807, 2.05) is 25.2 Å². The smallest absolute Gasteiger partial charge is 0.261 e. The van der Waals surface area contributed by atoms with E-state index in [9.17, 15) is 4.79 Å². The maximum absolute atomic E-state index is 11.9. The summed E-state index contributed by atoms with van der Waals surface area (Å²) in [5, 5.41) is 3.66. The predicted octanol–water partition coefficient (Wildman–Crippen LogP) is 0.653. The Morgan fingerprint density at radius 3 is 2.87 bits per heavy atom. The summed E-state index contributed by atoms with van der Waals surface area (Å²) in [5.41, 5.74) is 0.761. The minimum Gasteiger partial charge on any atom is -0.313 e. The first-order chi connectivity index (χ1) is 7.24. The van der Waals surface area contributed by atoms with Gasteiger partial charge >= 0.3 is 0 Å². The van der Waals surface area contributed by atoms with E-state index in [-0.39, 0.29) is 5.56 Å². The molecule has 0 aliphatic rings. The molecule has 0 atom stereocenters. The van der Waals surface area contributed by atoms with Gasteiger partial charge in [0.25, 0.3) is 5.56 Å². The van der Waals surface area contributed by atoms with Gasteiger partial charge in [-0.2, -0.15) is 0 Å². The molecule has 0 aliphatic carbocycles. The van der Waals surface area contributed by atoms with Crippen LogP contribution in [0.3, 0.4) is 0 Å². The Labute approximate surface area is 87.6 Å². The quantitative estimate of drug-likeness (QED) is 0.779. The van der Waals surface area contributed by atoms with Crippen LogP contribution in [0.1, 0.15) is 5.82 Å². The first-order valence-corrected chi connectivity index (χ1v) is 4.83. The molecule has 2 aromatic rings. The molecule has 0 aliphatic heterocycles. The lowest BCUT2D eigenvalue weighted by molar-refractivity contribution is 0.679. The molecule has 1 aromatic heterocycles. The van der Waals surface area contributed by atoms with Crippen molar-refractivity contribution in [2.45, 2.75) is 6.54 Å². The topological polar surface area (TPSA) is 46.9 Å². The molecule has 0 saturated carbocycles. The third-order valence-electron chi connectivity index (χ3n) is 2.41. The zero-order valence-electron chi connectivity index (χ0n) is 8.82. The number of benzene rings is 1. The Kier molecular flexibility index (Phi) is 2.51. The number of nitrogens with one attached hydrogen (secondary N) is 1. The SMILES string of the molecule is CNCc1nc2ccccc2c(=O)n1C. The molecule has 0 amide bonds. The van der Waals surface area contributed by atoms with E-state index in [0.29, 0.717) is 11.9 Å². The third-order valence-corrected chi connectivity index (χ3v) is 2.41. The van der Waals surface area contributed by atoms with Crippen LogP contribution in [0.5, 0.6) is 0 Å². The van der Waals surface area contributed by atoms with Gasteiger partial charge in [-0.3, -0.25) is 9.36 Å². The summed E-state index contributed by atoms with van der Waals surface area (Å²) in [6, 6.07) is 7.39. The molecular formula is C11H13N3O. The largest absolute Gasteiger partial charge is 0.313 e. The van der Waals surface area contributed by atoms with E-state index in [1.165, 1.54) is 0 Å². The van der Waals surface area contributed by atoms with Crippen LogP contribution < -0.4 is 10.9 Å². The Balaban J connectivity index is 2.77. The van der Waals surface area contributed by atoms with Crippen molar-refractivity contribution in [1.82, 2.24) is 14.9 Å². The normalized spacial score (nSPS) is 10.8. The molecule has 4 heteroatoms. The van der Waals surface area contributed by atoms with Crippen LogP contribution in [-0.4, -0.2) is 16.6 Å². The van der Waals surface area contributed by atoms with Crippen molar-refractivity contribution < 1.29 is 0 Å². The lowest BCUT2D eigenvalue weighted by Crippen LogP contribution is -2.25. The first kappa shape index (κ1) is 9.86.